The molecular formula is C17H20ClNO. The molecule has 3 heteroatoms. The van der Waals surface area contributed by atoms with Gasteiger partial charge in [0.15, 0.2) is 0 Å². The third-order valence-corrected chi connectivity index (χ3v) is 3.51. The summed E-state index contributed by atoms with van der Waals surface area (Å²) < 4.78 is 0. The van der Waals surface area contributed by atoms with E-state index in [1.54, 1.807) is 6.07 Å². The van der Waals surface area contributed by atoms with Crippen LogP contribution in [-0.2, 0) is 6.42 Å². The Morgan fingerprint density at radius 3 is 2.55 bits per heavy atom. The van der Waals surface area contributed by atoms with Crippen LogP contribution >= 0.6 is 11.6 Å². The lowest BCUT2D eigenvalue weighted by Gasteiger charge is -2.17. The Morgan fingerprint density at radius 2 is 1.85 bits per heavy atom. The fraction of sp³-hybridized carbons (Fsp3) is 0.294. The van der Waals surface area contributed by atoms with E-state index >= 15 is 0 Å². The van der Waals surface area contributed by atoms with Crippen LogP contribution in [0.2, 0.25) is 5.02 Å². The first kappa shape index (κ1) is 15.0. The van der Waals surface area contributed by atoms with E-state index < -0.39 is 6.10 Å². The third kappa shape index (κ3) is 4.64. The Kier molecular flexibility index (Phi) is 5.60. The van der Waals surface area contributed by atoms with Crippen LogP contribution in [0.1, 0.15) is 24.2 Å². The van der Waals surface area contributed by atoms with Crippen LogP contribution in [0.25, 0.3) is 0 Å². The van der Waals surface area contributed by atoms with Gasteiger partial charge in [-0.15, -0.1) is 0 Å². The molecular weight excluding hydrogens is 270 g/mol. The maximum Gasteiger partial charge on any atom is 0.0914 e. The Labute approximate surface area is 125 Å². The molecule has 0 aromatic heterocycles. The maximum absolute atomic E-state index is 10.1. The van der Waals surface area contributed by atoms with Crippen molar-refractivity contribution in [1.82, 2.24) is 5.32 Å². The monoisotopic (exact) mass is 289 g/mol. The van der Waals surface area contributed by atoms with Crippen molar-refractivity contribution in [1.29, 1.82) is 0 Å². The van der Waals surface area contributed by atoms with Crippen molar-refractivity contribution in [3.8, 4) is 0 Å². The fourth-order valence-electron chi connectivity index (χ4n) is 2.18. The minimum atomic E-state index is -0.535. The average Bonchev–Trinajstić information content (AvgIpc) is 2.46. The molecule has 0 saturated carbocycles. The van der Waals surface area contributed by atoms with Crippen LogP contribution < -0.4 is 5.32 Å². The summed E-state index contributed by atoms with van der Waals surface area (Å²) in [6.45, 7) is 2.64. The predicted octanol–water partition coefficient (Wildman–Crippen LogP) is 3.59. The summed E-state index contributed by atoms with van der Waals surface area (Å²) in [6.07, 6.45) is 0.412. The number of benzene rings is 2. The average molecular weight is 290 g/mol. The summed E-state index contributed by atoms with van der Waals surface area (Å²) >= 11 is 5.93. The molecule has 0 fully saturated rings. The van der Waals surface area contributed by atoms with Crippen molar-refractivity contribution < 1.29 is 5.11 Å². The first-order chi connectivity index (χ1) is 9.65. The van der Waals surface area contributed by atoms with Gasteiger partial charge in [0.2, 0.25) is 0 Å². The molecule has 0 bridgehead atoms. The lowest BCUT2D eigenvalue weighted by Crippen LogP contribution is -2.32. The lowest BCUT2D eigenvalue weighted by atomic mass is 10.1. The molecule has 2 rings (SSSR count). The first-order valence-electron chi connectivity index (χ1n) is 6.86. The van der Waals surface area contributed by atoms with Crippen LogP contribution in [0, 0.1) is 0 Å². The molecule has 2 aromatic carbocycles. The molecule has 0 amide bonds. The Morgan fingerprint density at radius 1 is 1.10 bits per heavy atom. The van der Waals surface area contributed by atoms with E-state index in [9.17, 15) is 5.11 Å². The van der Waals surface area contributed by atoms with Crippen molar-refractivity contribution in [2.24, 2.45) is 0 Å². The van der Waals surface area contributed by atoms with Gasteiger partial charge in [-0.25, -0.2) is 0 Å². The van der Waals surface area contributed by atoms with Crippen molar-refractivity contribution in [2.75, 3.05) is 6.54 Å². The Balaban J connectivity index is 1.82. The molecule has 0 saturated heterocycles. The van der Waals surface area contributed by atoms with Gasteiger partial charge >= 0.3 is 0 Å². The topological polar surface area (TPSA) is 32.3 Å². The van der Waals surface area contributed by atoms with E-state index in [1.165, 1.54) is 5.56 Å². The van der Waals surface area contributed by atoms with E-state index in [0.29, 0.717) is 17.6 Å². The minimum absolute atomic E-state index is 0.311. The van der Waals surface area contributed by atoms with Gasteiger partial charge in [-0.05, 0) is 36.6 Å². The normalized spacial score (nSPS) is 13.9. The number of hydrogen-bond donors (Lipinski definition) is 2. The van der Waals surface area contributed by atoms with Crippen molar-refractivity contribution >= 4 is 11.6 Å². The first-order valence-corrected chi connectivity index (χ1v) is 7.24. The molecule has 0 heterocycles. The van der Waals surface area contributed by atoms with Crippen molar-refractivity contribution in [2.45, 2.75) is 25.5 Å². The second-order valence-electron chi connectivity index (χ2n) is 5.07. The molecule has 0 radical (unpaired) electrons. The quantitative estimate of drug-likeness (QED) is 0.852. The molecule has 0 aliphatic carbocycles. The van der Waals surface area contributed by atoms with E-state index in [-0.39, 0.29) is 0 Å². The second kappa shape index (κ2) is 7.44. The Bertz CT molecular complexity index is 530. The second-order valence-corrected chi connectivity index (χ2v) is 5.51. The number of rotatable bonds is 6. The van der Waals surface area contributed by atoms with E-state index in [2.05, 4.69) is 24.4 Å². The van der Waals surface area contributed by atoms with Crippen LogP contribution in [-0.4, -0.2) is 17.7 Å². The number of hydrogen-bond acceptors (Lipinski definition) is 2. The van der Waals surface area contributed by atoms with Crippen LogP contribution in [0.4, 0.5) is 0 Å². The van der Waals surface area contributed by atoms with Crippen molar-refractivity contribution in [3.63, 3.8) is 0 Å². The minimum Gasteiger partial charge on any atom is -0.387 e. The molecule has 0 spiro atoms. The highest BCUT2D eigenvalue weighted by atomic mass is 35.5. The summed E-state index contributed by atoms with van der Waals surface area (Å²) in [7, 11) is 0. The number of aliphatic hydroxyl groups excluding tert-OH is 1. The van der Waals surface area contributed by atoms with Crippen LogP contribution in [0.3, 0.4) is 0 Å². The summed E-state index contributed by atoms with van der Waals surface area (Å²) in [4.78, 5) is 0. The molecule has 2 nitrogen and oxygen atoms in total. The lowest BCUT2D eigenvalue weighted by molar-refractivity contribution is 0.170. The van der Waals surface area contributed by atoms with Crippen LogP contribution in [0.15, 0.2) is 54.6 Å². The van der Waals surface area contributed by atoms with Gasteiger partial charge in [-0.1, -0.05) is 54.1 Å². The maximum atomic E-state index is 10.1. The van der Waals surface area contributed by atoms with E-state index in [0.717, 1.165) is 12.0 Å². The summed E-state index contributed by atoms with van der Waals surface area (Å²) in [5.74, 6) is 0. The van der Waals surface area contributed by atoms with Gasteiger partial charge in [-0.2, -0.15) is 0 Å². The zero-order valence-corrected chi connectivity index (χ0v) is 12.3. The smallest absolute Gasteiger partial charge is 0.0914 e. The molecule has 0 aliphatic heterocycles. The number of nitrogens with one attached hydrogen (secondary N) is 1. The highest BCUT2D eigenvalue weighted by Crippen LogP contribution is 2.17. The summed E-state index contributed by atoms with van der Waals surface area (Å²) in [6, 6.07) is 18.0. The highest BCUT2D eigenvalue weighted by molar-refractivity contribution is 6.30. The van der Waals surface area contributed by atoms with Crippen molar-refractivity contribution in [3.05, 3.63) is 70.7 Å². The standard InChI is InChI=1S/C17H20ClNO/c1-13(10-14-6-3-2-4-7-14)19-12-17(20)15-8-5-9-16(18)11-15/h2-9,11,13,17,19-20H,10,12H2,1H3/t13?,17-/m0/s1. The Hall–Kier alpha value is -1.35. The summed E-state index contributed by atoms with van der Waals surface area (Å²) in [5, 5.41) is 14.1. The van der Waals surface area contributed by atoms with Gasteiger partial charge in [0.25, 0.3) is 0 Å². The zero-order chi connectivity index (χ0) is 14.4. The fourth-order valence-corrected chi connectivity index (χ4v) is 2.38. The summed E-state index contributed by atoms with van der Waals surface area (Å²) in [5.41, 5.74) is 2.14. The molecule has 20 heavy (non-hydrogen) atoms. The third-order valence-electron chi connectivity index (χ3n) is 3.28. The zero-order valence-electron chi connectivity index (χ0n) is 11.6. The SMILES string of the molecule is CC(Cc1ccccc1)NC[C@H](O)c1cccc(Cl)c1. The molecule has 2 atom stereocenters. The molecule has 1 unspecified atom stereocenters. The van der Waals surface area contributed by atoms with E-state index in [1.807, 2.05) is 36.4 Å². The van der Waals surface area contributed by atoms with Gasteiger partial charge in [0.05, 0.1) is 6.10 Å². The van der Waals surface area contributed by atoms with Crippen LogP contribution in [0.5, 0.6) is 0 Å². The van der Waals surface area contributed by atoms with Gasteiger partial charge in [0.1, 0.15) is 0 Å². The number of halogens is 1. The van der Waals surface area contributed by atoms with Gasteiger partial charge < -0.3 is 10.4 Å². The predicted molar refractivity (Wildman–Crippen MR) is 84.0 cm³/mol. The highest BCUT2D eigenvalue weighted by Gasteiger charge is 2.10. The molecule has 2 aromatic rings. The number of aliphatic hydroxyl groups is 1. The molecule has 2 N–H and O–H groups in total. The van der Waals surface area contributed by atoms with E-state index in [4.69, 9.17) is 11.6 Å². The molecule has 0 aliphatic rings. The van der Waals surface area contributed by atoms with Gasteiger partial charge in [-0.3, -0.25) is 0 Å². The van der Waals surface area contributed by atoms with Gasteiger partial charge in [0, 0.05) is 17.6 Å². The molecule has 106 valence electrons. The largest absolute Gasteiger partial charge is 0.387 e.